The summed E-state index contributed by atoms with van der Waals surface area (Å²) in [6, 6.07) is 7.35. The molecule has 0 bridgehead atoms. The summed E-state index contributed by atoms with van der Waals surface area (Å²) in [6.45, 7) is 7.70. The van der Waals surface area contributed by atoms with Crippen molar-refractivity contribution in [1.29, 1.82) is 0 Å². The molecule has 1 aromatic carbocycles. The Balaban J connectivity index is 2.00. The van der Waals surface area contributed by atoms with E-state index >= 15 is 0 Å². The number of carbonyl (C=O) groups is 2. The highest BCUT2D eigenvalue weighted by Gasteiger charge is 2.27. The van der Waals surface area contributed by atoms with Crippen molar-refractivity contribution in [2.24, 2.45) is 11.1 Å². The number of nitrogens with zero attached hydrogens (tertiary/aromatic N) is 1. The van der Waals surface area contributed by atoms with Crippen LogP contribution in [0.5, 0.6) is 0 Å². The van der Waals surface area contributed by atoms with E-state index in [4.69, 9.17) is 5.73 Å². The van der Waals surface area contributed by atoms with E-state index in [0.29, 0.717) is 19.5 Å². The Morgan fingerprint density at radius 2 is 1.96 bits per heavy atom. The van der Waals surface area contributed by atoms with Gasteiger partial charge in [0.15, 0.2) is 0 Å². The van der Waals surface area contributed by atoms with Crippen LogP contribution in [0, 0.1) is 5.41 Å². The van der Waals surface area contributed by atoms with E-state index in [-0.39, 0.29) is 17.2 Å². The molecular weight excluding hydrogens is 290 g/mol. The molecule has 2 amide bonds. The van der Waals surface area contributed by atoms with Crippen LogP contribution in [0.1, 0.15) is 44.7 Å². The van der Waals surface area contributed by atoms with Gasteiger partial charge in [-0.3, -0.25) is 9.59 Å². The standard InChI is InChI=1S/C18H27N3O2/c1-18(2,3)16(19)17(23)20-11-13-7-4-5-8-14(13)12-21-10-6-9-15(21)22/h4-5,7-8,16H,6,9-12,19H2,1-3H3,(H,20,23)/t16-/m1/s1. The lowest BCUT2D eigenvalue weighted by atomic mass is 9.87. The molecule has 1 atom stereocenters. The minimum Gasteiger partial charge on any atom is -0.351 e. The first-order valence-corrected chi connectivity index (χ1v) is 8.17. The van der Waals surface area contributed by atoms with Crippen molar-refractivity contribution in [1.82, 2.24) is 10.2 Å². The lowest BCUT2D eigenvalue weighted by Gasteiger charge is -2.26. The summed E-state index contributed by atoms with van der Waals surface area (Å²) in [6.07, 6.45) is 1.57. The maximum Gasteiger partial charge on any atom is 0.237 e. The first-order chi connectivity index (χ1) is 10.8. The van der Waals surface area contributed by atoms with Crippen molar-refractivity contribution in [3.63, 3.8) is 0 Å². The molecule has 5 nitrogen and oxygen atoms in total. The summed E-state index contributed by atoms with van der Waals surface area (Å²) in [4.78, 5) is 25.8. The van der Waals surface area contributed by atoms with Crippen LogP contribution >= 0.6 is 0 Å². The molecule has 0 saturated carbocycles. The largest absolute Gasteiger partial charge is 0.351 e. The van der Waals surface area contributed by atoms with Crippen molar-refractivity contribution in [2.45, 2.75) is 52.7 Å². The third-order valence-electron chi connectivity index (χ3n) is 4.32. The Hall–Kier alpha value is -1.88. The molecule has 1 heterocycles. The second-order valence-electron chi connectivity index (χ2n) is 7.25. The number of rotatable bonds is 5. The maximum absolute atomic E-state index is 12.2. The fourth-order valence-electron chi connectivity index (χ4n) is 2.65. The molecular formula is C18H27N3O2. The van der Waals surface area contributed by atoms with Gasteiger partial charge in [0.1, 0.15) is 0 Å². The second-order valence-corrected chi connectivity index (χ2v) is 7.25. The Kier molecular flexibility index (Phi) is 5.42. The Morgan fingerprint density at radius 3 is 2.52 bits per heavy atom. The number of benzene rings is 1. The number of nitrogens with two attached hydrogens (primary N) is 1. The topological polar surface area (TPSA) is 75.4 Å². The third kappa shape index (κ3) is 4.55. The molecule has 5 heteroatoms. The van der Waals surface area contributed by atoms with Gasteiger partial charge in [0.2, 0.25) is 11.8 Å². The molecule has 0 unspecified atom stereocenters. The molecule has 0 aliphatic carbocycles. The number of hydrogen-bond donors (Lipinski definition) is 2. The minimum atomic E-state index is -0.546. The molecule has 1 fully saturated rings. The quantitative estimate of drug-likeness (QED) is 0.869. The maximum atomic E-state index is 12.2. The molecule has 126 valence electrons. The summed E-state index contributed by atoms with van der Waals surface area (Å²) >= 11 is 0. The van der Waals surface area contributed by atoms with Crippen LogP contribution in [0.3, 0.4) is 0 Å². The smallest absolute Gasteiger partial charge is 0.237 e. The number of hydrogen-bond acceptors (Lipinski definition) is 3. The molecule has 1 aliphatic rings. The Bertz CT molecular complexity index is 578. The molecule has 3 N–H and O–H groups in total. The van der Waals surface area contributed by atoms with Gasteiger partial charge in [0, 0.05) is 26.1 Å². The molecule has 1 saturated heterocycles. The van der Waals surface area contributed by atoms with Crippen molar-refractivity contribution in [2.75, 3.05) is 6.54 Å². The van der Waals surface area contributed by atoms with E-state index in [0.717, 1.165) is 24.1 Å². The van der Waals surface area contributed by atoms with Gasteiger partial charge in [0.25, 0.3) is 0 Å². The minimum absolute atomic E-state index is 0.149. The van der Waals surface area contributed by atoms with Crippen LogP contribution in [0.4, 0.5) is 0 Å². The van der Waals surface area contributed by atoms with E-state index in [2.05, 4.69) is 5.32 Å². The lowest BCUT2D eigenvalue weighted by molar-refractivity contribution is -0.128. The van der Waals surface area contributed by atoms with Gasteiger partial charge < -0.3 is 16.0 Å². The molecule has 2 rings (SSSR count). The zero-order chi connectivity index (χ0) is 17.0. The number of carbonyl (C=O) groups excluding carboxylic acids is 2. The third-order valence-corrected chi connectivity index (χ3v) is 4.32. The zero-order valence-corrected chi connectivity index (χ0v) is 14.3. The van der Waals surface area contributed by atoms with Crippen LogP contribution < -0.4 is 11.1 Å². The van der Waals surface area contributed by atoms with Gasteiger partial charge in [-0.15, -0.1) is 0 Å². The average molecular weight is 317 g/mol. The summed E-state index contributed by atoms with van der Waals surface area (Å²) in [5.74, 6) is 0.0585. The van der Waals surface area contributed by atoms with E-state index in [1.165, 1.54) is 0 Å². The monoisotopic (exact) mass is 317 g/mol. The van der Waals surface area contributed by atoms with Crippen LogP contribution in [0.25, 0.3) is 0 Å². The fraction of sp³-hybridized carbons (Fsp3) is 0.556. The lowest BCUT2D eigenvalue weighted by Crippen LogP contribution is -2.48. The van der Waals surface area contributed by atoms with Crippen LogP contribution in [-0.4, -0.2) is 29.3 Å². The van der Waals surface area contributed by atoms with Gasteiger partial charge in [-0.25, -0.2) is 0 Å². The fourth-order valence-corrected chi connectivity index (χ4v) is 2.65. The number of nitrogens with one attached hydrogen (secondary N) is 1. The second kappa shape index (κ2) is 7.13. The summed E-state index contributed by atoms with van der Waals surface area (Å²) in [5.41, 5.74) is 7.82. The van der Waals surface area contributed by atoms with Crippen LogP contribution in [0.2, 0.25) is 0 Å². The van der Waals surface area contributed by atoms with Crippen molar-refractivity contribution in [3.05, 3.63) is 35.4 Å². The molecule has 1 aromatic rings. The summed E-state index contributed by atoms with van der Waals surface area (Å²) in [5, 5.41) is 2.91. The van der Waals surface area contributed by atoms with Gasteiger partial charge in [-0.2, -0.15) is 0 Å². The first-order valence-electron chi connectivity index (χ1n) is 8.17. The molecule has 0 radical (unpaired) electrons. The van der Waals surface area contributed by atoms with E-state index in [9.17, 15) is 9.59 Å². The highest BCUT2D eigenvalue weighted by molar-refractivity contribution is 5.82. The average Bonchev–Trinajstić information content (AvgIpc) is 2.89. The number of amides is 2. The molecule has 0 spiro atoms. The van der Waals surface area contributed by atoms with Crippen molar-refractivity contribution >= 4 is 11.8 Å². The predicted molar refractivity (Wildman–Crippen MR) is 90.4 cm³/mol. The highest BCUT2D eigenvalue weighted by atomic mass is 16.2. The first kappa shape index (κ1) is 17.5. The zero-order valence-electron chi connectivity index (χ0n) is 14.3. The van der Waals surface area contributed by atoms with E-state index in [1.807, 2.05) is 49.9 Å². The van der Waals surface area contributed by atoms with E-state index in [1.54, 1.807) is 0 Å². The summed E-state index contributed by atoms with van der Waals surface area (Å²) < 4.78 is 0. The van der Waals surface area contributed by atoms with Gasteiger partial charge in [-0.1, -0.05) is 45.0 Å². The highest BCUT2D eigenvalue weighted by Crippen LogP contribution is 2.19. The van der Waals surface area contributed by atoms with E-state index < -0.39 is 6.04 Å². The molecule has 23 heavy (non-hydrogen) atoms. The van der Waals surface area contributed by atoms with Crippen molar-refractivity contribution in [3.8, 4) is 0 Å². The molecule has 0 aromatic heterocycles. The van der Waals surface area contributed by atoms with Crippen LogP contribution in [-0.2, 0) is 22.7 Å². The SMILES string of the molecule is CC(C)(C)[C@H](N)C(=O)NCc1ccccc1CN1CCCC1=O. The summed E-state index contributed by atoms with van der Waals surface area (Å²) in [7, 11) is 0. The van der Waals surface area contributed by atoms with Gasteiger partial charge >= 0.3 is 0 Å². The Labute approximate surface area is 138 Å². The molecule has 1 aliphatic heterocycles. The van der Waals surface area contributed by atoms with Gasteiger partial charge in [-0.05, 0) is 23.0 Å². The Morgan fingerprint density at radius 1 is 1.30 bits per heavy atom. The normalized spacial score (nSPS) is 16.5. The van der Waals surface area contributed by atoms with Gasteiger partial charge in [0.05, 0.1) is 6.04 Å². The predicted octanol–water partition coefficient (Wildman–Crippen LogP) is 1.80. The van der Waals surface area contributed by atoms with Crippen LogP contribution in [0.15, 0.2) is 24.3 Å². The number of likely N-dealkylation sites (tertiary alicyclic amines) is 1. The van der Waals surface area contributed by atoms with Crippen molar-refractivity contribution < 1.29 is 9.59 Å².